The van der Waals surface area contributed by atoms with Crippen LogP contribution in [0.3, 0.4) is 0 Å². The van der Waals surface area contributed by atoms with Crippen LogP contribution in [0.1, 0.15) is 11.1 Å². The largest absolute Gasteiger partial charge is 0.369 e. The van der Waals surface area contributed by atoms with Gasteiger partial charge in [0.15, 0.2) is 9.84 Å². The summed E-state index contributed by atoms with van der Waals surface area (Å²) in [5.41, 5.74) is 11.3. The van der Waals surface area contributed by atoms with Gasteiger partial charge >= 0.3 is 0 Å². The smallest absolute Gasteiger partial charge is 0.237 e. The number of hydrogen-bond donors (Lipinski definition) is 2. The molecule has 3 aromatic carbocycles. The molecule has 0 aliphatic heterocycles. The van der Waals surface area contributed by atoms with E-state index in [2.05, 4.69) is 28.4 Å². The van der Waals surface area contributed by atoms with Crippen molar-refractivity contribution in [1.82, 2.24) is 24.0 Å². The number of benzene rings is 3. The van der Waals surface area contributed by atoms with Crippen LogP contribution in [-0.2, 0) is 29.2 Å². The number of rotatable bonds is 8. The van der Waals surface area contributed by atoms with Gasteiger partial charge in [-0.1, -0.05) is 35.9 Å². The molecule has 0 saturated heterocycles. The van der Waals surface area contributed by atoms with E-state index in [0.29, 0.717) is 27.9 Å². The number of hydrogen-bond acceptors (Lipinski definition) is 7. The van der Waals surface area contributed by atoms with Crippen molar-refractivity contribution in [1.29, 1.82) is 0 Å². The monoisotopic (exact) mass is 562 g/mol. The molecule has 0 amide bonds. The van der Waals surface area contributed by atoms with Crippen LogP contribution in [0.4, 0.5) is 29.1 Å². The number of aromatic nitrogens is 4. The van der Waals surface area contributed by atoms with Crippen LogP contribution in [0.15, 0.2) is 79.0 Å². The average Bonchev–Trinajstić information content (AvgIpc) is 3.18. The van der Waals surface area contributed by atoms with Crippen molar-refractivity contribution < 1.29 is 8.42 Å². The van der Waals surface area contributed by atoms with E-state index < -0.39 is 9.84 Å². The van der Waals surface area contributed by atoms with Gasteiger partial charge in [0.05, 0.1) is 23.8 Å². The van der Waals surface area contributed by atoms with Gasteiger partial charge in [-0.3, -0.25) is 0 Å². The number of nitrogen functional groups attached to an aromatic ring is 1. The topological polar surface area (TPSA) is 116 Å². The molecule has 0 fully saturated rings. The first-order valence-electron chi connectivity index (χ1n) is 12.2. The zero-order valence-electron chi connectivity index (χ0n) is 21.8. The van der Waals surface area contributed by atoms with E-state index in [9.17, 15) is 8.42 Å². The van der Waals surface area contributed by atoms with Crippen molar-refractivity contribution in [2.45, 2.75) is 12.3 Å². The molecule has 39 heavy (non-hydrogen) atoms. The quantitative estimate of drug-likeness (QED) is 0.245. The summed E-state index contributed by atoms with van der Waals surface area (Å²) < 4.78 is 25.4. The maximum atomic E-state index is 11.6. The molecule has 3 N–H and O–H groups in total. The minimum Gasteiger partial charge on any atom is -0.369 e. The average molecular weight is 563 g/mol. The molecule has 0 saturated carbocycles. The number of nitrogens with zero attached hydrogens (tertiary/aromatic N) is 5. The summed E-state index contributed by atoms with van der Waals surface area (Å²) in [5.74, 6) is 1.63. The van der Waals surface area contributed by atoms with E-state index in [1.165, 1.54) is 6.26 Å². The maximum absolute atomic E-state index is 11.6. The van der Waals surface area contributed by atoms with Gasteiger partial charge in [0.2, 0.25) is 17.7 Å². The molecule has 1 unspecified atom stereocenters. The Hall–Kier alpha value is -3.99. The predicted octanol–water partition coefficient (Wildman–Crippen LogP) is 5.36. The van der Waals surface area contributed by atoms with Crippen LogP contribution >= 0.6 is 11.6 Å². The van der Waals surface area contributed by atoms with Gasteiger partial charge in [0, 0.05) is 54.0 Å². The number of quaternary nitrogens is 1. The third kappa shape index (κ3) is 5.88. The lowest BCUT2D eigenvalue weighted by atomic mass is 10.1. The Morgan fingerprint density at radius 3 is 2.36 bits per heavy atom. The molecule has 2 aromatic heterocycles. The molecule has 5 rings (SSSR count). The molecule has 2 heterocycles. The molecule has 1 atom stereocenters. The summed E-state index contributed by atoms with van der Waals surface area (Å²) in [6, 6.07) is 23.0. The first kappa shape index (κ1) is 26.6. The summed E-state index contributed by atoms with van der Waals surface area (Å²) >= 11 is 6.15. The van der Waals surface area contributed by atoms with Crippen LogP contribution in [0, 0.1) is 0 Å². The van der Waals surface area contributed by atoms with Crippen molar-refractivity contribution in [3.8, 4) is 0 Å². The minimum atomic E-state index is -3.11. The van der Waals surface area contributed by atoms with Gasteiger partial charge in [-0.2, -0.15) is 4.98 Å². The van der Waals surface area contributed by atoms with Gasteiger partial charge in [-0.15, -0.1) is 0 Å². The van der Waals surface area contributed by atoms with E-state index in [4.69, 9.17) is 22.3 Å². The number of halogens is 1. The highest BCUT2D eigenvalue weighted by atomic mass is 35.5. The van der Waals surface area contributed by atoms with Gasteiger partial charge in [-0.05, 0) is 35.9 Å². The zero-order chi connectivity index (χ0) is 27.8. The highest BCUT2D eigenvalue weighted by Crippen LogP contribution is 2.36. The van der Waals surface area contributed by atoms with Crippen molar-refractivity contribution in [2.24, 2.45) is 7.05 Å². The molecule has 0 spiro atoms. The third-order valence-corrected chi connectivity index (χ3v) is 7.78. The van der Waals surface area contributed by atoms with Crippen LogP contribution in [-0.4, -0.2) is 41.2 Å². The SMILES string of the molecule is Cn1c(N)nc2cc([N+](C)(Cc3ccc(Cl)cc3)c3ccnc(Nc4ccc(CS(C)(=O)=O)cc4)n3)ccc21. The summed E-state index contributed by atoms with van der Waals surface area (Å²) in [6.45, 7) is 0.599. The lowest BCUT2D eigenvalue weighted by Crippen LogP contribution is -2.39. The molecule has 9 nitrogen and oxygen atoms in total. The molecule has 0 aliphatic rings. The number of aryl methyl sites for hydroxylation is 1. The van der Waals surface area contributed by atoms with Gasteiger partial charge in [-0.25, -0.2) is 22.9 Å². The van der Waals surface area contributed by atoms with Crippen molar-refractivity contribution >= 4 is 61.6 Å². The van der Waals surface area contributed by atoms with Gasteiger partial charge < -0.3 is 15.6 Å². The first-order valence-corrected chi connectivity index (χ1v) is 14.6. The third-order valence-electron chi connectivity index (χ3n) is 6.67. The first-order chi connectivity index (χ1) is 18.5. The van der Waals surface area contributed by atoms with Crippen LogP contribution in [0.5, 0.6) is 0 Å². The van der Waals surface area contributed by atoms with Crippen molar-refractivity contribution in [2.75, 3.05) is 24.4 Å². The standard InChI is InChI=1S/C28H29ClN7O2S/c1-35-25-13-12-23(16-24(25)33-27(35)30)36(2,17-19-4-8-21(29)9-5-19)26-14-15-31-28(34-26)32-22-10-6-20(7-11-22)18-39(3,37)38/h4-16H,17-18H2,1-3H3,(H2,30,33)(H,31,32,34)/q+1. The second kappa shape index (κ2) is 10.3. The van der Waals surface area contributed by atoms with E-state index in [0.717, 1.165) is 39.4 Å². The number of imidazole rings is 1. The fourth-order valence-electron chi connectivity index (χ4n) is 4.57. The Kier molecular flexibility index (Phi) is 7.02. The number of fused-ring (bicyclic) bond motifs is 1. The Bertz CT molecular complexity index is 1750. The normalized spacial score (nSPS) is 13.3. The molecule has 0 bridgehead atoms. The fourth-order valence-corrected chi connectivity index (χ4v) is 5.50. The summed E-state index contributed by atoms with van der Waals surface area (Å²) in [6.07, 6.45) is 2.94. The molecule has 200 valence electrons. The van der Waals surface area contributed by atoms with Crippen LogP contribution in [0.2, 0.25) is 5.02 Å². The Morgan fingerprint density at radius 1 is 0.974 bits per heavy atom. The number of nitrogens with two attached hydrogens (primary N) is 1. The van der Waals surface area contributed by atoms with Crippen molar-refractivity contribution in [3.63, 3.8) is 0 Å². The fraction of sp³-hybridized carbons (Fsp3) is 0.179. The molecular weight excluding hydrogens is 534 g/mol. The van der Waals surface area contributed by atoms with E-state index >= 15 is 0 Å². The lowest BCUT2D eigenvalue weighted by molar-refractivity contribution is 0.439. The number of nitrogens with one attached hydrogen (secondary N) is 1. The summed E-state index contributed by atoms with van der Waals surface area (Å²) in [7, 11) is 0.875. The second-order valence-corrected chi connectivity index (χ2v) is 12.4. The van der Waals surface area contributed by atoms with Crippen LogP contribution in [0.25, 0.3) is 11.0 Å². The van der Waals surface area contributed by atoms with Crippen molar-refractivity contribution in [3.05, 3.63) is 95.1 Å². The Labute approximate surface area is 232 Å². The maximum Gasteiger partial charge on any atom is 0.237 e. The van der Waals surface area contributed by atoms with Gasteiger partial charge in [0.1, 0.15) is 12.2 Å². The lowest BCUT2D eigenvalue weighted by Gasteiger charge is -2.32. The Balaban J connectivity index is 1.52. The molecule has 0 radical (unpaired) electrons. The summed E-state index contributed by atoms with van der Waals surface area (Å²) in [5, 5.41) is 3.91. The molecular formula is C28H29ClN7O2S+. The summed E-state index contributed by atoms with van der Waals surface area (Å²) in [4.78, 5) is 13.9. The second-order valence-electron chi connectivity index (χ2n) is 9.81. The molecule has 5 aromatic rings. The highest BCUT2D eigenvalue weighted by Gasteiger charge is 2.32. The number of anilines is 3. The van der Waals surface area contributed by atoms with E-state index in [1.54, 1.807) is 18.3 Å². The van der Waals surface area contributed by atoms with Crippen LogP contribution < -0.4 is 15.5 Å². The molecule has 0 aliphatic carbocycles. The predicted molar refractivity (Wildman–Crippen MR) is 158 cm³/mol. The zero-order valence-corrected chi connectivity index (χ0v) is 23.4. The van der Waals surface area contributed by atoms with E-state index in [-0.39, 0.29) is 5.75 Å². The van der Waals surface area contributed by atoms with E-state index in [1.807, 2.05) is 66.2 Å². The minimum absolute atomic E-state index is 0.00787. The number of sulfone groups is 1. The Morgan fingerprint density at radius 2 is 1.67 bits per heavy atom. The highest BCUT2D eigenvalue weighted by molar-refractivity contribution is 7.89. The molecule has 11 heteroatoms. The van der Waals surface area contributed by atoms with Gasteiger partial charge in [0.25, 0.3) is 0 Å².